The Hall–Kier alpha value is -0.0831. The van der Waals surface area contributed by atoms with E-state index in [1.54, 1.807) is 0 Å². The molecule has 0 amide bonds. The van der Waals surface area contributed by atoms with E-state index in [1.807, 2.05) is 0 Å². The van der Waals surface area contributed by atoms with E-state index < -0.39 is 8.80 Å². The van der Waals surface area contributed by atoms with Crippen LogP contribution < -0.4 is 0 Å². The first kappa shape index (κ1) is 15.0. The van der Waals surface area contributed by atoms with Crippen molar-refractivity contribution >= 4 is 8.80 Å². The minimum Gasteiger partial charge on any atom is -0.303 e. The molecule has 2 atom stereocenters. The first-order chi connectivity index (χ1) is 8.20. The average molecular weight is 254 g/mol. The number of nitrogens with zero attached hydrogens (tertiary/aromatic N) is 1. The second-order valence-corrected chi connectivity index (χ2v) is 9.21. The highest BCUT2D eigenvalue weighted by molar-refractivity contribution is 6.68. The Morgan fingerprint density at radius 3 is 2.18 bits per heavy atom. The maximum absolute atomic E-state index is 4.30. The summed E-state index contributed by atoms with van der Waals surface area (Å²) in [4.78, 5) is 2.81. The molecule has 2 heteroatoms. The smallest absolute Gasteiger partial charge is 0.0833 e. The van der Waals surface area contributed by atoms with E-state index in [1.165, 1.54) is 62.9 Å². The fraction of sp³-hybridized carbons (Fsp3) is 0.867. The highest BCUT2D eigenvalue weighted by atomic mass is 28.3. The normalized spacial score (nSPS) is 21.8. The van der Waals surface area contributed by atoms with Crippen molar-refractivity contribution in [3.05, 3.63) is 11.8 Å². The molecule has 1 rings (SSSR count). The molecule has 0 aromatic rings. The van der Waals surface area contributed by atoms with Crippen LogP contribution in [0, 0.1) is 0 Å². The zero-order valence-corrected chi connectivity index (χ0v) is 13.3. The Kier molecular flexibility index (Phi) is 7.13. The summed E-state index contributed by atoms with van der Waals surface area (Å²) in [6.45, 7) is 14.0. The molecule has 0 aliphatic carbocycles. The zero-order valence-electron chi connectivity index (χ0n) is 12.2. The van der Waals surface area contributed by atoms with Crippen LogP contribution in [0.25, 0.3) is 0 Å². The van der Waals surface area contributed by atoms with Gasteiger partial charge in [-0.05, 0) is 39.3 Å². The predicted molar refractivity (Wildman–Crippen MR) is 81.2 cm³/mol. The van der Waals surface area contributed by atoms with Crippen molar-refractivity contribution in [1.29, 1.82) is 0 Å². The fourth-order valence-electron chi connectivity index (χ4n) is 3.30. The van der Waals surface area contributed by atoms with Crippen LogP contribution in [0.3, 0.4) is 0 Å². The number of hydrogen-bond donors (Lipinski definition) is 0. The second kappa shape index (κ2) is 8.10. The maximum atomic E-state index is 4.30. The Morgan fingerprint density at radius 1 is 1.18 bits per heavy atom. The van der Waals surface area contributed by atoms with Gasteiger partial charge in [-0.2, -0.15) is 0 Å². The van der Waals surface area contributed by atoms with Crippen molar-refractivity contribution in [1.82, 2.24) is 4.90 Å². The lowest BCUT2D eigenvalue weighted by atomic mass is 10.2. The molecule has 1 aliphatic heterocycles. The highest BCUT2D eigenvalue weighted by Crippen LogP contribution is 2.21. The van der Waals surface area contributed by atoms with Gasteiger partial charge in [0.2, 0.25) is 0 Å². The van der Waals surface area contributed by atoms with E-state index in [0.717, 1.165) is 5.67 Å². The summed E-state index contributed by atoms with van der Waals surface area (Å²) in [6, 6.07) is 1.45. The van der Waals surface area contributed by atoms with E-state index in [0.29, 0.717) is 0 Å². The average Bonchev–Trinajstić information content (AvgIpc) is 2.57. The first-order valence-electron chi connectivity index (χ1n) is 7.60. The molecule has 17 heavy (non-hydrogen) atoms. The van der Waals surface area contributed by atoms with Crippen molar-refractivity contribution in [2.45, 2.75) is 71.0 Å². The van der Waals surface area contributed by atoms with Gasteiger partial charge in [-0.3, -0.25) is 0 Å². The zero-order chi connectivity index (χ0) is 12.7. The summed E-state index contributed by atoms with van der Waals surface area (Å²) in [6.07, 6.45) is 8.40. The minimum atomic E-state index is -0.784. The number of hydrogen-bond acceptors (Lipinski definition) is 1. The number of allylic oxidation sites excluding steroid dienone is 1. The van der Waals surface area contributed by atoms with Gasteiger partial charge >= 0.3 is 0 Å². The predicted octanol–water partition coefficient (Wildman–Crippen LogP) is 3.93. The molecule has 1 nitrogen and oxygen atoms in total. The van der Waals surface area contributed by atoms with Gasteiger partial charge in [-0.1, -0.05) is 44.4 Å². The summed E-state index contributed by atoms with van der Waals surface area (Å²) < 4.78 is 0. The third-order valence-electron chi connectivity index (χ3n) is 4.23. The molecule has 0 aromatic heterocycles. The van der Waals surface area contributed by atoms with Gasteiger partial charge < -0.3 is 4.90 Å². The van der Waals surface area contributed by atoms with Gasteiger partial charge in [0.05, 0.1) is 8.80 Å². The molecule has 0 spiro atoms. The van der Waals surface area contributed by atoms with Gasteiger partial charge in [0.1, 0.15) is 0 Å². The third kappa shape index (κ3) is 4.59. The van der Waals surface area contributed by atoms with Crippen LogP contribution in [-0.2, 0) is 0 Å². The number of rotatable bonds is 6. The quantitative estimate of drug-likeness (QED) is 0.648. The fourth-order valence-corrected chi connectivity index (χ4v) is 6.83. The van der Waals surface area contributed by atoms with Crippen LogP contribution in [0.4, 0.5) is 0 Å². The van der Waals surface area contributed by atoms with E-state index in [2.05, 4.69) is 32.3 Å². The van der Waals surface area contributed by atoms with Crippen LogP contribution in [0.2, 0.25) is 6.04 Å². The Balaban J connectivity index is 2.67. The van der Waals surface area contributed by atoms with Crippen LogP contribution in [0.1, 0.15) is 59.3 Å². The molecule has 2 unspecified atom stereocenters. The lowest BCUT2D eigenvalue weighted by molar-refractivity contribution is 0.251. The van der Waals surface area contributed by atoms with Crippen molar-refractivity contribution in [2.75, 3.05) is 13.1 Å². The first-order valence-corrected chi connectivity index (χ1v) is 9.66. The van der Waals surface area contributed by atoms with Gasteiger partial charge in [-0.25, -0.2) is 0 Å². The lowest BCUT2D eigenvalue weighted by Crippen LogP contribution is -2.47. The molecule has 0 saturated carbocycles. The van der Waals surface area contributed by atoms with Crippen molar-refractivity contribution in [3.63, 3.8) is 0 Å². The van der Waals surface area contributed by atoms with Gasteiger partial charge in [0.15, 0.2) is 0 Å². The summed E-state index contributed by atoms with van der Waals surface area (Å²) in [5.74, 6) is 0. The standard InChI is InChI=1S/C15H31NSi/c1-5-13-17(14(3)4)15(6-2)16-11-9-7-8-10-12-16/h15,17H,3,5-13H2,1-2,4H3. The summed E-state index contributed by atoms with van der Waals surface area (Å²) in [5, 5.41) is 1.53. The van der Waals surface area contributed by atoms with Gasteiger partial charge in [0, 0.05) is 5.67 Å². The van der Waals surface area contributed by atoms with Crippen molar-refractivity contribution in [3.8, 4) is 0 Å². The van der Waals surface area contributed by atoms with E-state index >= 15 is 0 Å². The molecule has 1 aliphatic rings. The van der Waals surface area contributed by atoms with Crippen LogP contribution >= 0.6 is 0 Å². The van der Waals surface area contributed by atoms with E-state index in [4.69, 9.17) is 0 Å². The molecule has 1 fully saturated rings. The molecular formula is C15H31NSi. The largest absolute Gasteiger partial charge is 0.303 e. The van der Waals surface area contributed by atoms with Crippen LogP contribution in [0.5, 0.6) is 0 Å². The summed E-state index contributed by atoms with van der Waals surface area (Å²) in [7, 11) is -0.784. The van der Waals surface area contributed by atoms with Crippen molar-refractivity contribution < 1.29 is 0 Å². The van der Waals surface area contributed by atoms with E-state index in [-0.39, 0.29) is 0 Å². The SMILES string of the molecule is C=C(C)[SiH](CCC)C(CC)N1CCCCCC1. The molecule has 100 valence electrons. The molecular weight excluding hydrogens is 222 g/mol. The molecule has 0 bridgehead atoms. The summed E-state index contributed by atoms with van der Waals surface area (Å²) in [5.41, 5.74) is 0.880. The molecule has 1 heterocycles. The third-order valence-corrected chi connectivity index (χ3v) is 8.51. The highest BCUT2D eigenvalue weighted by Gasteiger charge is 2.27. The minimum absolute atomic E-state index is 0.784. The van der Waals surface area contributed by atoms with E-state index in [9.17, 15) is 0 Å². The monoisotopic (exact) mass is 253 g/mol. The molecule has 0 N–H and O–H groups in total. The molecule has 0 radical (unpaired) electrons. The summed E-state index contributed by atoms with van der Waals surface area (Å²) >= 11 is 0. The Labute approximate surface area is 110 Å². The van der Waals surface area contributed by atoms with Gasteiger partial charge in [0.25, 0.3) is 0 Å². The topological polar surface area (TPSA) is 3.24 Å². The molecule has 1 saturated heterocycles. The van der Waals surface area contributed by atoms with Crippen molar-refractivity contribution in [2.24, 2.45) is 0 Å². The second-order valence-electron chi connectivity index (χ2n) is 5.67. The number of likely N-dealkylation sites (tertiary alicyclic amines) is 1. The van der Waals surface area contributed by atoms with Crippen LogP contribution in [0.15, 0.2) is 11.8 Å². The maximum Gasteiger partial charge on any atom is 0.0833 e. The Bertz CT molecular complexity index is 219. The Morgan fingerprint density at radius 2 is 1.76 bits per heavy atom. The molecule has 0 aromatic carbocycles. The lowest BCUT2D eigenvalue weighted by Gasteiger charge is -2.35. The van der Waals surface area contributed by atoms with Crippen LogP contribution in [-0.4, -0.2) is 32.5 Å². The van der Waals surface area contributed by atoms with Gasteiger partial charge in [-0.15, -0.1) is 6.58 Å².